The van der Waals surface area contributed by atoms with Crippen LogP contribution in [-0.2, 0) is 9.47 Å². The van der Waals surface area contributed by atoms with Crippen LogP contribution in [0.3, 0.4) is 0 Å². The summed E-state index contributed by atoms with van der Waals surface area (Å²) in [7, 11) is 0. The van der Waals surface area contributed by atoms with Crippen LogP contribution in [-0.4, -0.2) is 25.0 Å². The zero-order valence-corrected chi connectivity index (χ0v) is 14.3. The topological polar surface area (TPSA) is 43.2 Å². The number of rotatable bonds is 5. The fraction of sp³-hybridized carbons (Fsp3) is 0.333. The van der Waals surface area contributed by atoms with Crippen molar-refractivity contribution in [3.8, 4) is 0 Å². The lowest BCUT2D eigenvalue weighted by Gasteiger charge is -2.13. The molecule has 0 aromatic heterocycles. The van der Waals surface area contributed by atoms with Crippen LogP contribution in [0, 0.1) is 5.92 Å². The number of aliphatic imine (C=N–C) groups is 2. The van der Waals surface area contributed by atoms with Gasteiger partial charge in [-0.25, -0.2) is 9.98 Å². The first-order valence-corrected chi connectivity index (χ1v) is 8.86. The normalized spacial score (nSPS) is 22.3. The third-order valence-corrected chi connectivity index (χ3v) is 4.72. The lowest BCUT2D eigenvalue weighted by Crippen LogP contribution is -2.24. The Labute approximate surface area is 148 Å². The highest BCUT2D eigenvalue weighted by molar-refractivity contribution is 6.01. The molecule has 2 aliphatic rings. The molecule has 0 aliphatic carbocycles. The molecular weight excluding hydrogens is 312 g/mol. The molecule has 0 saturated heterocycles. The number of ether oxygens (including phenoxy) is 2. The maximum Gasteiger partial charge on any atom is 0.196 e. The molecule has 4 nitrogen and oxygen atoms in total. The summed E-state index contributed by atoms with van der Waals surface area (Å²) in [6.45, 7) is 3.30. The summed E-state index contributed by atoms with van der Waals surface area (Å²) in [6.07, 6.45) is 0.862. The van der Waals surface area contributed by atoms with Gasteiger partial charge >= 0.3 is 0 Å². The van der Waals surface area contributed by atoms with Crippen molar-refractivity contribution < 1.29 is 9.47 Å². The maximum absolute atomic E-state index is 5.92. The van der Waals surface area contributed by atoms with Crippen molar-refractivity contribution in [2.75, 3.05) is 13.2 Å². The van der Waals surface area contributed by atoms with Crippen molar-refractivity contribution in [2.24, 2.45) is 15.9 Å². The van der Waals surface area contributed by atoms with E-state index < -0.39 is 0 Å². The molecule has 0 radical (unpaired) electrons. The van der Waals surface area contributed by atoms with Gasteiger partial charge in [-0.2, -0.15) is 0 Å². The number of hydrogen-bond acceptors (Lipinski definition) is 4. The SMILES string of the molecule is CCC(C1=N[C@@H](c2ccccc2)CO1)C1=N[C@@H](c2ccccc2)CO1. The zero-order chi connectivity index (χ0) is 17.1. The molecule has 0 amide bonds. The predicted octanol–water partition coefficient (Wildman–Crippen LogP) is 4.35. The molecule has 2 aromatic rings. The Morgan fingerprint density at radius 3 is 1.64 bits per heavy atom. The average Bonchev–Trinajstić information content (AvgIpc) is 3.35. The van der Waals surface area contributed by atoms with Crippen LogP contribution in [0.25, 0.3) is 0 Å². The van der Waals surface area contributed by atoms with Gasteiger partial charge in [0, 0.05) is 0 Å². The Bertz CT molecular complexity index is 705. The molecule has 4 heteroatoms. The molecule has 25 heavy (non-hydrogen) atoms. The Hall–Kier alpha value is -2.62. The first kappa shape index (κ1) is 15.9. The number of nitrogens with zero attached hydrogens (tertiary/aromatic N) is 2. The van der Waals surface area contributed by atoms with E-state index >= 15 is 0 Å². The fourth-order valence-corrected chi connectivity index (χ4v) is 3.31. The Balaban J connectivity index is 1.53. The molecular formula is C21H22N2O2. The molecule has 128 valence electrons. The van der Waals surface area contributed by atoms with Gasteiger partial charge in [-0.05, 0) is 17.5 Å². The van der Waals surface area contributed by atoms with Gasteiger partial charge in [0.1, 0.15) is 31.2 Å². The summed E-state index contributed by atoms with van der Waals surface area (Å²) in [5.74, 6) is 1.51. The average molecular weight is 334 g/mol. The lowest BCUT2D eigenvalue weighted by atomic mass is 10.1. The molecule has 0 N–H and O–H groups in total. The molecule has 0 unspecified atom stereocenters. The van der Waals surface area contributed by atoms with E-state index in [0.717, 1.165) is 18.2 Å². The smallest absolute Gasteiger partial charge is 0.196 e. The second kappa shape index (κ2) is 7.09. The highest BCUT2D eigenvalue weighted by Crippen LogP contribution is 2.30. The van der Waals surface area contributed by atoms with Crippen LogP contribution < -0.4 is 0 Å². The van der Waals surface area contributed by atoms with Crippen LogP contribution in [0.15, 0.2) is 70.6 Å². The van der Waals surface area contributed by atoms with Gasteiger partial charge in [-0.1, -0.05) is 67.6 Å². The van der Waals surface area contributed by atoms with E-state index in [1.54, 1.807) is 0 Å². The first-order chi connectivity index (χ1) is 12.3. The highest BCUT2D eigenvalue weighted by Gasteiger charge is 2.33. The third kappa shape index (κ3) is 3.29. The molecule has 0 fully saturated rings. The first-order valence-electron chi connectivity index (χ1n) is 8.86. The molecule has 0 spiro atoms. The van der Waals surface area contributed by atoms with Crippen LogP contribution in [0.4, 0.5) is 0 Å². The van der Waals surface area contributed by atoms with Gasteiger partial charge in [-0.3, -0.25) is 0 Å². The van der Waals surface area contributed by atoms with E-state index in [-0.39, 0.29) is 18.0 Å². The van der Waals surface area contributed by atoms with Crippen LogP contribution in [0.5, 0.6) is 0 Å². The molecule has 2 atom stereocenters. The van der Waals surface area contributed by atoms with E-state index in [1.165, 1.54) is 11.1 Å². The monoisotopic (exact) mass is 334 g/mol. The van der Waals surface area contributed by atoms with E-state index in [0.29, 0.717) is 13.2 Å². The minimum Gasteiger partial charge on any atom is -0.478 e. The predicted molar refractivity (Wildman–Crippen MR) is 98.9 cm³/mol. The second-order valence-electron chi connectivity index (χ2n) is 6.37. The quantitative estimate of drug-likeness (QED) is 0.816. The summed E-state index contributed by atoms with van der Waals surface area (Å²) < 4.78 is 11.8. The zero-order valence-electron chi connectivity index (χ0n) is 14.3. The maximum atomic E-state index is 5.92. The molecule has 0 saturated carbocycles. The van der Waals surface area contributed by atoms with Gasteiger partial charge in [-0.15, -0.1) is 0 Å². The molecule has 2 heterocycles. The van der Waals surface area contributed by atoms with Gasteiger partial charge in [0.25, 0.3) is 0 Å². The van der Waals surface area contributed by atoms with E-state index in [9.17, 15) is 0 Å². The summed E-state index contributed by atoms with van der Waals surface area (Å²) in [5, 5.41) is 0. The third-order valence-electron chi connectivity index (χ3n) is 4.72. The van der Waals surface area contributed by atoms with Crippen molar-refractivity contribution in [1.29, 1.82) is 0 Å². The lowest BCUT2D eigenvalue weighted by molar-refractivity contribution is 0.283. The fourth-order valence-electron chi connectivity index (χ4n) is 3.31. The van der Waals surface area contributed by atoms with Crippen LogP contribution >= 0.6 is 0 Å². The number of benzene rings is 2. The Morgan fingerprint density at radius 1 is 0.800 bits per heavy atom. The minimum absolute atomic E-state index is 0.00224. The van der Waals surface area contributed by atoms with Gasteiger partial charge in [0.05, 0.1) is 0 Å². The van der Waals surface area contributed by atoms with E-state index in [2.05, 4.69) is 31.2 Å². The summed E-state index contributed by atoms with van der Waals surface area (Å²) in [4.78, 5) is 9.61. The molecule has 4 rings (SSSR count). The van der Waals surface area contributed by atoms with Gasteiger partial charge in [0.15, 0.2) is 11.8 Å². The van der Waals surface area contributed by atoms with Crippen LogP contribution in [0.1, 0.15) is 36.6 Å². The minimum atomic E-state index is 0.00224. The van der Waals surface area contributed by atoms with E-state index in [1.807, 2.05) is 36.4 Å². The largest absolute Gasteiger partial charge is 0.478 e. The Kier molecular flexibility index (Phi) is 4.51. The highest BCUT2D eigenvalue weighted by atomic mass is 16.5. The van der Waals surface area contributed by atoms with Gasteiger partial charge in [0.2, 0.25) is 0 Å². The Morgan fingerprint density at radius 2 is 1.24 bits per heavy atom. The van der Waals surface area contributed by atoms with Crippen molar-refractivity contribution >= 4 is 11.8 Å². The second-order valence-corrected chi connectivity index (χ2v) is 6.37. The molecule has 2 aliphatic heterocycles. The number of hydrogen-bond donors (Lipinski definition) is 0. The summed E-state index contributed by atoms with van der Waals surface area (Å²) >= 11 is 0. The van der Waals surface area contributed by atoms with E-state index in [4.69, 9.17) is 19.5 Å². The van der Waals surface area contributed by atoms with Crippen molar-refractivity contribution in [3.63, 3.8) is 0 Å². The molecule has 0 bridgehead atoms. The van der Waals surface area contributed by atoms with Crippen molar-refractivity contribution in [3.05, 3.63) is 71.8 Å². The summed E-state index contributed by atoms with van der Waals surface area (Å²) in [6, 6.07) is 20.7. The molecule has 2 aromatic carbocycles. The summed E-state index contributed by atoms with van der Waals surface area (Å²) in [5.41, 5.74) is 2.37. The van der Waals surface area contributed by atoms with Crippen LogP contribution in [0.2, 0.25) is 0 Å². The van der Waals surface area contributed by atoms with Crippen molar-refractivity contribution in [2.45, 2.75) is 25.4 Å². The van der Waals surface area contributed by atoms with Gasteiger partial charge < -0.3 is 9.47 Å². The van der Waals surface area contributed by atoms with Crippen molar-refractivity contribution in [1.82, 2.24) is 0 Å². The standard InChI is InChI=1S/C21H22N2O2/c1-2-17(20-22-18(13-24-20)15-9-5-3-6-10-15)21-23-19(14-25-21)16-11-7-4-8-12-16/h3-12,17-19H,2,13-14H2,1H3/t18-,19-/m1/s1.